The van der Waals surface area contributed by atoms with E-state index in [0.717, 1.165) is 34.6 Å². The summed E-state index contributed by atoms with van der Waals surface area (Å²) in [6.45, 7) is 0. The highest BCUT2D eigenvalue weighted by molar-refractivity contribution is 7.98. The Balaban J connectivity index is 1.49. The number of para-hydroxylation sites is 2. The fourth-order valence-corrected chi connectivity index (χ4v) is 3.92. The lowest BCUT2D eigenvalue weighted by Crippen LogP contribution is -2.30. The second-order valence-corrected chi connectivity index (χ2v) is 7.71. The zero-order valence-electron chi connectivity index (χ0n) is 15.5. The smallest absolute Gasteiger partial charge is 0.339 e. The number of nitrogens with zero attached hydrogens (tertiary/aromatic N) is 1. The SMILES string of the molecule is CSCCC(NC(=O)CC1OC(=O)c2ccccc21)c1nc2ccccc2[nH]1. The molecule has 1 amide bonds. The van der Waals surface area contributed by atoms with Gasteiger partial charge in [-0.1, -0.05) is 30.3 Å². The number of aromatic nitrogens is 2. The molecule has 4 rings (SSSR count). The Morgan fingerprint density at radius 2 is 2.04 bits per heavy atom. The van der Waals surface area contributed by atoms with Gasteiger partial charge >= 0.3 is 5.97 Å². The Labute approximate surface area is 167 Å². The van der Waals surface area contributed by atoms with Crippen molar-refractivity contribution in [2.75, 3.05) is 12.0 Å². The summed E-state index contributed by atoms with van der Waals surface area (Å²) in [5.41, 5.74) is 3.13. The molecule has 3 aromatic rings. The van der Waals surface area contributed by atoms with Gasteiger partial charge in [0.1, 0.15) is 11.9 Å². The number of rotatable bonds is 7. The van der Waals surface area contributed by atoms with E-state index in [1.807, 2.05) is 42.7 Å². The van der Waals surface area contributed by atoms with Gasteiger partial charge in [-0.2, -0.15) is 11.8 Å². The molecule has 0 spiro atoms. The van der Waals surface area contributed by atoms with E-state index in [4.69, 9.17) is 4.74 Å². The molecule has 2 heterocycles. The van der Waals surface area contributed by atoms with Gasteiger partial charge in [-0.3, -0.25) is 4.79 Å². The molecule has 144 valence electrons. The van der Waals surface area contributed by atoms with Crippen molar-refractivity contribution in [2.45, 2.75) is 25.0 Å². The number of nitrogens with one attached hydrogen (secondary N) is 2. The standard InChI is InChI=1S/C21H21N3O3S/c1-28-11-10-17(20-23-15-8-4-5-9-16(15)24-20)22-19(25)12-18-13-6-2-3-7-14(13)21(26)27-18/h2-9,17-18H,10-12H2,1H3,(H,22,25)(H,23,24). The highest BCUT2D eigenvalue weighted by Gasteiger charge is 2.32. The Hall–Kier alpha value is -2.80. The first kappa shape index (κ1) is 18.6. The number of ether oxygens (including phenoxy) is 1. The molecule has 7 heteroatoms. The summed E-state index contributed by atoms with van der Waals surface area (Å²) in [5, 5.41) is 3.06. The molecular formula is C21H21N3O3S. The largest absolute Gasteiger partial charge is 0.453 e. The topological polar surface area (TPSA) is 84.1 Å². The van der Waals surface area contributed by atoms with E-state index in [0.29, 0.717) is 5.56 Å². The van der Waals surface area contributed by atoms with Crippen LogP contribution in [0.25, 0.3) is 11.0 Å². The summed E-state index contributed by atoms with van der Waals surface area (Å²) in [6.07, 6.45) is 2.35. The van der Waals surface area contributed by atoms with Crippen molar-refractivity contribution < 1.29 is 14.3 Å². The number of thioether (sulfide) groups is 1. The highest BCUT2D eigenvalue weighted by Crippen LogP contribution is 2.33. The van der Waals surface area contributed by atoms with Gasteiger partial charge in [0.25, 0.3) is 0 Å². The predicted octanol–water partition coefficient (Wildman–Crippen LogP) is 3.78. The number of aromatic amines is 1. The lowest BCUT2D eigenvalue weighted by Gasteiger charge is -2.18. The number of hydrogen-bond donors (Lipinski definition) is 2. The summed E-state index contributed by atoms with van der Waals surface area (Å²) in [4.78, 5) is 32.6. The van der Waals surface area contributed by atoms with E-state index in [2.05, 4.69) is 15.3 Å². The number of benzene rings is 2. The molecule has 0 saturated heterocycles. The molecule has 1 aliphatic heterocycles. The van der Waals surface area contributed by atoms with Crippen molar-refractivity contribution in [3.8, 4) is 0 Å². The minimum Gasteiger partial charge on any atom is -0.453 e. The van der Waals surface area contributed by atoms with Crippen LogP contribution in [0.4, 0.5) is 0 Å². The number of imidazole rings is 1. The summed E-state index contributed by atoms with van der Waals surface area (Å²) >= 11 is 1.72. The number of hydrogen-bond acceptors (Lipinski definition) is 5. The van der Waals surface area contributed by atoms with Gasteiger partial charge in [0.2, 0.25) is 5.91 Å². The third-order valence-corrected chi connectivity index (χ3v) is 5.48. The molecule has 0 saturated carbocycles. The number of cyclic esters (lactones) is 1. The minimum absolute atomic E-state index is 0.0960. The van der Waals surface area contributed by atoms with Gasteiger partial charge in [-0.25, -0.2) is 9.78 Å². The fraction of sp³-hybridized carbons (Fsp3) is 0.286. The molecule has 0 fully saturated rings. The monoisotopic (exact) mass is 395 g/mol. The molecule has 2 unspecified atom stereocenters. The van der Waals surface area contributed by atoms with Crippen LogP contribution in [0.3, 0.4) is 0 Å². The Kier molecular flexibility index (Phi) is 5.34. The summed E-state index contributed by atoms with van der Waals surface area (Å²) < 4.78 is 5.39. The first-order valence-corrected chi connectivity index (χ1v) is 10.6. The van der Waals surface area contributed by atoms with Crippen molar-refractivity contribution in [1.82, 2.24) is 15.3 Å². The average molecular weight is 395 g/mol. The maximum Gasteiger partial charge on any atom is 0.339 e. The predicted molar refractivity (Wildman–Crippen MR) is 109 cm³/mol. The van der Waals surface area contributed by atoms with Crippen LogP contribution < -0.4 is 5.32 Å². The quantitative estimate of drug-likeness (QED) is 0.595. The van der Waals surface area contributed by atoms with Crippen LogP contribution in [-0.4, -0.2) is 33.9 Å². The molecule has 2 atom stereocenters. The normalized spacial score (nSPS) is 16.6. The zero-order valence-corrected chi connectivity index (χ0v) is 16.3. The van der Waals surface area contributed by atoms with Crippen LogP contribution in [-0.2, 0) is 9.53 Å². The van der Waals surface area contributed by atoms with Crippen LogP contribution in [0.15, 0.2) is 48.5 Å². The van der Waals surface area contributed by atoms with Gasteiger partial charge in [-0.05, 0) is 36.6 Å². The van der Waals surface area contributed by atoms with Gasteiger partial charge in [0, 0.05) is 5.56 Å². The third kappa shape index (κ3) is 3.75. The molecule has 1 aromatic heterocycles. The Bertz CT molecular complexity index is 984. The average Bonchev–Trinajstić information content (AvgIpc) is 3.27. The maximum atomic E-state index is 12.7. The minimum atomic E-state index is -0.541. The molecule has 0 aliphatic carbocycles. The van der Waals surface area contributed by atoms with E-state index in [1.165, 1.54) is 0 Å². The summed E-state index contributed by atoms with van der Waals surface area (Å²) in [7, 11) is 0. The lowest BCUT2D eigenvalue weighted by molar-refractivity contribution is -0.123. The van der Waals surface area contributed by atoms with E-state index < -0.39 is 6.10 Å². The number of H-pyrrole nitrogens is 1. The molecule has 2 aromatic carbocycles. The molecule has 6 nitrogen and oxygen atoms in total. The summed E-state index contributed by atoms with van der Waals surface area (Å²) in [6, 6.07) is 14.8. The van der Waals surface area contributed by atoms with Crippen LogP contribution >= 0.6 is 11.8 Å². The van der Waals surface area contributed by atoms with Crippen molar-refractivity contribution in [3.63, 3.8) is 0 Å². The Morgan fingerprint density at radius 3 is 2.86 bits per heavy atom. The maximum absolute atomic E-state index is 12.7. The van der Waals surface area contributed by atoms with Crippen molar-refractivity contribution in [1.29, 1.82) is 0 Å². The second kappa shape index (κ2) is 8.06. The molecular weight excluding hydrogens is 374 g/mol. The lowest BCUT2D eigenvalue weighted by atomic mass is 10.0. The third-order valence-electron chi connectivity index (χ3n) is 4.83. The molecule has 2 N–H and O–H groups in total. The second-order valence-electron chi connectivity index (χ2n) is 6.73. The van der Waals surface area contributed by atoms with E-state index in [1.54, 1.807) is 23.9 Å². The molecule has 0 bridgehead atoms. The van der Waals surface area contributed by atoms with Crippen molar-refractivity contribution in [3.05, 3.63) is 65.5 Å². The zero-order chi connectivity index (χ0) is 19.5. The van der Waals surface area contributed by atoms with Gasteiger partial charge in [0.15, 0.2) is 0 Å². The van der Waals surface area contributed by atoms with Gasteiger partial charge in [-0.15, -0.1) is 0 Å². The van der Waals surface area contributed by atoms with E-state index in [-0.39, 0.29) is 24.3 Å². The first-order valence-electron chi connectivity index (χ1n) is 9.18. The highest BCUT2D eigenvalue weighted by atomic mass is 32.2. The first-order chi connectivity index (χ1) is 13.7. The van der Waals surface area contributed by atoms with Crippen molar-refractivity contribution in [2.24, 2.45) is 0 Å². The van der Waals surface area contributed by atoms with E-state index in [9.17, 15) is 9.59 Å². The molecule has 28 heavy (non-hydrogen) atoms. The number of esters is 1. The van der Waals surface area contributed by atoms with Crippen molar-refractivity contribution >= 4 is 34.7 Å². The summed E-state index contributed by atoms with van der Waals surface area (Å²) in [5.74, 6) is 1.10. The fourth-order valence-electron chi connectivity index (χ4n) is 3.44. The van der Waals surface area contributed by atoms with E-state index >= 15 is 0 Å². The van der Waals surface area contributed by atoms with Crippen LogP contribution in [0.1, 0.15) is 46.7 Å². The molecule has 0 radical (unpaired) electrons. The van der Waals surface area contributed by atoms with Crippen LogP contribution in [0.5, 0.6) is 0 Å². The number of carbonyl (C=O) groups is 2. The van der Waals surface area contributed by atoms with Crippen LogP contribution in [0.2, 0.25) is 0 Å². The van der Waals surface area contributed by atoms with Gasteiger partial charge < -0.3 is 15.0 Å². The number of carbonyl (C=O) groups excluding carboxylic acids is 2. The van der Waals surface area contributed by atoms with Gasteiger partial charge in [0.05, 0.1) is 29.1 Å². The Morgan fingerprint density at radius 1 is 1.25 bits per heavy atom. The molecule has 1 aliphatic rings. The van der Waals surface area contributed by atoms with Crippen LogP contribution in [0, 0.1) is 0 Å². The number of fused-ring (bicyclic) bond motifs is 2. The number of amides is 1.